The molecule has 26 heavy (non-hydrogen) atoms. The monoisotopic (exact) mass is 479 g/mol. The average molecular weight is 479 g/mol. The van der Waals surface area contributed by atoms with E-state index in [1.54, 1.807) is 6.07 Å². The van der Waals surface area contributed by atoms with E-state index in [4.69, 9.17) is 4.74 Å². The van der Waals surface area contributed by atoms with E-state index in [0.717, 1.165) is 43.8 Å². The molecule has 148 valence electrons. The quantitative estimate of drug-likeness (QED) is 0.373. The molecule has 1 aliphatic carbocycles. The molecule has 1 aromatic carbocycles. The largest absolute Gasteiger partial charge is 0.494 e. The van der Waals surface area contributed by atoms with Gasteiger partial charge in [0.15, 0.2) is 17.5 Å². The predicted octanol–water partition coefficient (Wildman–Crippen LogP) is 3.54. The van der Waals surface area contributed by atoms with Crippen LogP contribution in [0, 0.1) is 5.82 Å². The summed E-state index contributed by atoms with van der Waals surface area (Å²) >= 11 is 0. The van der Waals surface area contributed by atoms with Crippen molar-refractivity contribution in [3.63, 3.8) is 0 Å². The fourth-order valence-electron chi connectivity index (χ4n) is 3.22. The van der Waals surface area contributed by atoms with Gasteiger partial charge in [-0.2, -0.15) is 0 Å². The van der Waals surface area contributed by atoms with E-state index >= 15 is 0 Å². The van der Waals surface area contributed by atoms with Crippen molar-refractivity contribution in [2.75, 3.05) is 27.2 Å². The lowest BCUT2D eigenvalue weighted by atomic mass is 9.85. The number of hydrogen-bond acceptors (Lipinski definition) is 3. The van der Waals surface area contributed by atoms with Crippen molar-refractivity contribution in [1.29, 1.82) is 0 Å². The van der Waals surface area contributed by atoms with Gasteiger partial charge in [0.25, 0.3) is 0 Å². The summed E-state index contributed by atoms with van der Waals surface area (Å²) in [6.45, 7) is 3.66. The second kappa shape index (κ2) is 10.9. The third kappa shape index (κ3) is 6.57. The second-order valence-corrected chi connectivity index (χ2v) is 6.78. The lowest BCUT2D eigenvalue weighted by Crippen LogP contribution is -2.41. The van der Waals surface area contributed by atoms with Gasteiger partial charge >= 0.3 is 0 Å². The van der Waals surface area contributed by atoms with Gasteiger partial charge in [-0.25, -0.2) is 4.39 Å². The molecule has 0 saturated heterocycles. The van der Waals surface area contributed by atoms with Crippen molar-refractivity contribution < 1.29 is 14.2 Å². The minimum Gasteiger partial charge on any atom is -0.494 e. The average Bonchev–Trinajstić information content (AvgIpc) is 2.59. The number of aliphatic imine (C=N–C) groups is 1. The zero-order valence-electron chi connectivity index (χ0n) is 15.9. The number of rotatable bonds is 6. The number of aliphatic hydroxyl groups is 1. The first-order chi connectivity index (χ1) is 12.0. The molecular formula is C19H31FIN3O2. The Balaban J connectivity index is 0.00000338. The normalized spacial score (nSPS) is 16.6. The third-order valence-electron chi connectivity index (χ3n) is 4.64. The predicted molar refractivity (Wildman–Crippen MR) is 114 cm³/mol. The highest BCUT2D eigenvalue weighted by Gasteiger charge is 2.29. The summed E-state index contributed by atoms with van der Waals surface area (Å²) in [6, 6.07) is 4.96. The topological polar surface area (TPSA) is 57.1 Å². The van der Waals surface area contributed by atoms with Gasteiger partial charge in [-0.3, -0.25) is 4.99 Å². The van der Waals surface area contributed by atoms with Gasteiger partial charge < -0.3 is 20.1 Å². The fourth-order valence-corrected chi connectivity index (χ4v) is 3.22. The molecular weight excluding hydrogens is 448 g/mol. The van der Waals surface area contributed by atoms with Crippen molar-refractivity contribution in [2.24, 2.45) is 4.99 Å². The molecule has 1 aromatic rings. The molecule has 2 rings (SSSR count). The first kappa shape index (κ1) is 23.0. The van der Waals surface area contributed by atoms with Crippen LogP contribution in [0.1, 0.15) is 44.6 Å². The molecule has 0 atom stereocenters. The smallest absolute Gasteiger partial charge is 0.194 e. The van der Waals surface area contributed by atoms with E-state index in [1.807, 2.05) is 24.9 Å². The van der Waals surface area contributed by atoms with Crippen molar-refractivity contribution in [1.82, 2.24) is 10.2 Å². The van der Waals surface area contributed by atoms with Crippen LogP contribution in [-0.4, -0.2) is 48.8 Å². The van der Waals surface area contributed by atoms with Crippen molar-refractivity contribution in [3.8, 4) is 5.75 Å². The Bertz CT molecular complexity index is 592. The number of nitrogens with zero attached hydrogens (tertiary/aromatic N) is 2. The maximum absolute atomic E-state index is 13.9. The van der Waals surface area contributed by atoms with Crippen molar-refractivity contribution in [3.05, 3.63) is 29.6 Å². The van der Waals surface area contributed by atoms with Gasteiger partial charge in [0.1, 0.15) is 0 Å². The Morgan fingerprint density at radius 3 is 2.62 bits per heavy atom. The second-order valence-electron chi connectivity index (χ2n) is 6.78. The van der Waals surface area contributed by atoms with Crippen molar-refractivity contribution >= 4 is 29.9 Å². The minimum absolute atomic E-state index is 0. The number of halogens is 2. The van der Waals surface area contributed by atoms with Crippen LogP contribution < -0.4 is 10.1 Å². The number of methoxy groups -OCH3 is 1. The molecule has 0 aliphatic heterocycles. The number of hydrogen-bond donors (Lipinski definition) is 2. The summed E-state index contributed by atoms with van der Waals surface area (Å²) in [4.78, 5) is 6.57. The zero-order valence-corrected chi connectivity index (χ0v) is 18.3. The maximum atomic E-state index is 13.9. The number of nitrogens with one attached hydrogen (secondary N) is 1. The molecule has 2 N–H and O–H groups in total. The lowest BCUT2D eigenvalue weighted by molar-refractivity contribution is 0.0130. The molecule has 1 saturated carbocycles. The Labute approximate surface area is 173 Å². The van der Waals surface area contributed by atoms with Gasteiger partial charge in [-0.1, -0.05) is 25.3 Å². The molecule has 0 amide bonds. The summed E-state index contributed by atoms with van der Waals surface area (Å²) in [5, 5.41) is 13.9. The molecule has 0 unspecified atom stereocenters. The minimum atomic E-state index is -0.689. The molecule has 0 radical (unpaired) electrons. The SMILES string of the molecule is CCNC(=NCC1(O)CCCCC1)N(C)Cc1ccc(OC)c(F)c1.I. The van der Waals surface area contributed by atoms with E-state index in [0.29, 0.717) is 13.1 Å². The van der Waals surface area contributed by atoms with Crippen LogP contribution in [0.3, 0.4) is 0 Å². The van der Waals surface area contributed by atoms with Gasteiger partial charge in [0, 0.05) is 20.1 Å². The van der Waals surface area contributed by atoms with Gasteiger partial charge in [0.2, 0.25) is 0 Å². The van der Waals surface area contributed by atoms with E-state index in [9.17, 15) is 9.50 Å². The zero-order chi connectivity index (χ0) is 18.3. The van der Waals surface area contributed by atoms with E-state index < -0.39 is 5.60 Å². The third-order valence-corrected chi connectivity index (χ3v) is 4.64. The Morgan fingerprint density at radius 1 is 1.35 bits per heavy atom. The lowest BCUT2D eigenvalue weighted by Gasteiger charge is -2.31. The Hall–Kier alpha value is -1.09. The molecule has 0 spiro atoms. The number of benzene rings is 1. The first-order valence-corrected chi connectivity index (χ1v) is 9.01. The first-order valence-electron chi connectivity index (χ1n) is 9.01. The Kier molecular flexibility index (Phi) is 9.63. The summed E-state index contributed by atoms with van der Waals surface area (Å²) in [7, 11) is 3.37. The van der Waals surface area contributed by atoms with Crippen molar-refractivity contribution in [2.45, 2.75) is 51.2 Å². The number of ether oxygens (including phenoxy) is 1. The van der Waals surface area contributed by atoms with Crippen LogP contribution in [0.25, 0.3) is 0 Å². The molecule has 0 aromatic heterocycles. The Morgan fingerprint density at radius 2 is 2.04 bits per heavy atom. The molecule has 0 heterocycles. The molecule has 1 fully saturated rings. The molecule has 5 nitrogen and oxygen atoms in total. The summed E-state index contributed by atoms with van der Waals surface area (Å²) < 4.78 is 18.8. The van der Waals surface area contributed by atoms with Crippen LogP contribution in [-0.2, 0) is 6.54 Å². The van der Waals surface area contributed by atoms with Gasteiger partial charge in [0.05, 0.1) is 19.3 Å². The highest BCUT2D eigenvalue weighted by molar-refractivity contribution is 14.0. The number of guanidine groups is 1. The standard InChI is InChI=1S/C19H30FN3O2.HI/c1-4-21-18(22-14-19(24)10-6-5-7-11-19)23(2)13-15-8-9-17(25-3)16(20)12-15;/h8-9,12,24H,4-7,10-11,13-14H2,1-3H3,(H,21,22);1H. The molecule has 7 heteroatoms. The van der Waals surface area contributed by atoms with Crippen LogP contribution >= 0.6 is 24.0 Å². The summed E-state index contributed by atoms with van der Waals surface area (Å²) in [6.07, 6.45) is 4.93. The summed E-state index contributed by atoms with van der Waals surface area (Å²) in [5.74, 6) is 0.594. The maximum Gasteiger partial charge on any atom is 0.194 e. The molecule has 0 bridgehead atoms. The van der Waals surface area contributed by atoms with Crippen LogP contribution in [0.15, 0.2) is 23.2 Å². The van der Waals surface area contributed by atoms with E-state index in [-0.39, 0.29) is 35.5 Å². The highest BCUT2D eigenvalue weighted by atomic mass is 127. The van der Waals surface area contributed by atoms with E-state index in [2.05, 4.69) is 10.3 Å². The van der Waals surface area contributed by atoms with Crippen LogP contribution in [0.5, 0.6) is 5.75 Å². The van der Waals surface area contributed by atoms with Gasteiger partial charge in [-0.15, -0.1) is 24.0 Å². The van der Waals surface area contributed by atoms with E-state index in [1.165, 1.54) is 19.6 Å². The van der Waals surface area contributed by atoms with Crippen LogP contribution in [0.2, 0.25) is 0 Å². The molecule has 1 aliphatic rings. The summed E-state index contributed by atoms with van der Waals surface area (Å²) in [5.41, 5.74) is 0.147. The fraction of sp³-hybridized carbons (Fsp3) is 0.632. The highest BCUT2D eigenvalue weighted by Crippen LogP contribution is 2.28. The van der Waals surface area contributed by atoms with Crippen LogP contribution in [0.4, 0.5) is 4.39 Å². The van der Waals surface area contributed by atoms with Gasteiger partial charge in [-0.05, 0) is 37.5 Å².